The highest BCUT2D eigenvalue weighted by Gasteiger charge is 2.07. The molecule has 0 saturated heterocycles. The number of H-pyrrole nitrogens is 1. The van der Waals surface area contributed by atoms with Crippen molar-refractivity contribution in [1.29, 1.82) is 0 Å². The summed E-state index contributed by atoms with van der Waals surface area (Å²) in [4.78, 5) is 26.5. The lowest BCUT2D eigenvalue weighted by Gasteiger charge is -2.08. The molecule has 1 amide bonds. The quantitative estimate of drug-likeness (QED) is 0.518. The van der Waals surface area contributed by atoms with Gasteiger partial charge in [0.25, 0.3) is 11.5 Å². The number of rotatable bonds is 6. The van der Waals surface area contributed by atoms with Crippen molar-refractivity contribution in [3.8, 4) is 11.5 Å². The summed E-state index contributed by atoms with van der Waals surface area (Å²) in [5, 5.41) is 4.62. The molecule has 0 aliphatic heterocycles. The number of benzene rings is 2. The largest absolute Gasteiger partial charge is 0.497 e. The minimum atomic E-state index is -0.435. The van der Waals surface area contributed by atoms with Crippen molar-refractivity contribution in [3.63, 3.8) is 0 Å². The number of carbonyl (C=O) groups excluding carboxylic acids is 1. The fourth-order valence-electron chi connectivity index (χ4n) is 2.54. The Morgan fingerprint density at radius 3 is 2.89 bits per heavy atom. The fourth-order valence-corrected chi connectivity index (χ4v) is 2.54. The molecule has 0 saturated carbocycles. The first kappa shape index (κ1) is 18.2. The van der Waals surface area contributed by atoms with Crippen LogP contribution in [0.25, 0.3) is 10.9 Å². The van der Waals surface area contributed by atoms with E-state index in [1.807, 2.05) is 43.3 Å². The monoisotopic (exact) mass is 365 g/mol. The van der Waals surface area contributed by atoms with E-state index in [1.165, 1.54) is 12.3 Å². The summed E-state index contributed by atoms with van der Waals surface area (Å²) in [5.41, 5.74) is 4.56. The van der Waals surface area contributed by atoms with Gasteiger partial charge in [-0.2, -0.15) is 5.10 Å². The summed E-state index contributed by atoms with van der Waals surface area (Å²) in [6.45, 7) is 1.67. The van der Waals surface area contributed by atoms with Crippen LogP contribution < -0.4 is 20.5 Å². The first-order valence-electron chi connectivity index (χ1n) is 8.27. The van der Waals surface area contributed by atoms with Crippen molar-refractivity contribution in [2.24, 2.45) is 5.10 Å². The van der Waals surface area contributed by atoms with E-state index in [0.29, 0.717) is 17.0 Å². The minimum absolute atomic E-state index is 0.262. The molecule has 0 radical (unpaired) electrons. The Hall–Kier alpha value is -3.61. The number of ether oxygens (including phenoxy) is 2. The minimum Gasteiger partial charge on any atom is -0.497 e. The molecule has 0 aliphatic carbocycles. The number of fused-ring (bicyclic) bond motifs is 1. The molecule has 3 rings (SSSR count). The zero-order valence-electron chi connectivity index (χ0n) is 15.0. The molecule has 2 N–H and O–H groups in total. The van der Waals surface area contributed by atoms with Gasteiger partial charge in [-0.3, -0.25) is 9.59 Å². The Morgan fingerprint density at radius 2 is 2.07 bits per heavy atom. The molecule has 138 valence electrons. The van der Waals surface area contributed by atoms with E-state index in [4.69, 9.17) is 9.47 Å². The van der Waals surface area contributed by atoms with Crippen molar-refractivity contribution < 1.29 is 14.3 Å². The number of hydrogen-bond acceptors (Lipinski definition) is 5. The molecule has 0 spiro atoms. The standard InChI is InChI=1S/C20H19N3O4/c1-13-6-7-16-17(8-13)22-19(24)10-18(16)27-12-20(25)23-21-11-14-4-3-5-15(9-14)26-2/h3-11H,12H2,1-2H3,(H,22,24)(H,23,25)/b21-11+. The number of amides is 1. The van der Waals surface area contributed by atoms with Crippen LogP contribution in [0.2, 0.25) is 0 Å². The number of nitrogens with zero attached hydrogens (tertiary/aromatic N) is 1. The van der Waals surface area contributed by atoms with Gasteiger partial charge in [-0.1, -0.05) is 18.2 Å². The lowest BCUT2D eigenvalue weighted by molar-refractivity contribution is -0.123. The van der Waals surface area contributed by atoms with Crippen LogP contribution in [0.4, 0.5) is 0 Å². The average molecular weight is 365 g/mol. The van der Waals surface area contributed by atoms with E-state index in [2.05, 4.69) is 15.5 Å². The number of carbonyl (C=O) groups is 1. The van der Waals surface area contributed by atoms with E-state index in [0.717, 1.165) is 16.5 Å². The van der Waals surface area contributed by atoms with Crippen molar-refractivity contribution in [2.45, 2.75) is 6.92 Å². The normalized spacial score (nSPS) is 10.9. The van der Waals surface area contributed by atoms with Gasteiger partial charge in [0.15, 0.2) is 6.61 Å². The van der Waals surface area contributed by atoms with Gasteiger partial charge in [0, 0.05) is 11.5 Å². The number of hydrogen-bond donors (Lipinski definition) is 2. The summed E-state index contributed by atoms with van der Waals surface area (Å²) in [7, 11) is 1.58. The summed E-state index contributed by atoms with van der Waals surface area (Å²) in [5.74, 6) is 0.611. The van der Waals surface area contributed by atoms with E-state index >= 15 is 0 Å². The molecule has 27 heavy (non-hydrogen) atoms. The summed E-state index contributed by atoms with van der Waals surface area (Å²) in [6, 6.07) is 14.2. The molecule has 7 heteroatoms. The van der Waals surface area contributed by atoms with Gasteiger partial charge in [-0.25, -0.2) is 5.43 Å². The lowest BCUT2D eigenvalue weighted by atomic mass is 10.1. The number of pyridine rings is 1. The molecule has 0 unspecified atom stereocenters. The third-order valence-corrected chi connectivity index (χ3v) is 3.82. The van der Waals surface area contributed by atoms with Gasteiger partial charge in [0.2, 0.25) is 0 Å². The molecule has 2 aromatic carbocycles. The van der Waals surface area contributed by atoms with Gasteiger partial charge in [0.05, 0.1) is 18.8 Å². The molecular formula is C20H19N3O4. The smallest absolute Gasteiger partial charge is 0.277 e. The van der Waals surface area contributed by atoms with Crippen LogP contribution >= 0.6 is 0 Å². The molecule has 7 nitrogen and oxygen atoms in total. The highest BCUT2D eigenvalue weighted by atomic mass is 16.5. The summed E-state index contributed by atoms with van der Waals surface area (Å²) < 4.78 is 10.6. The van der Waals surface area contributed by atoms with Crippen LogP contribution in [-0.2, 0) is 4.79 Å². The second kappa shape index (κ2) is 8.18. The molecule has 1 aromatic heterocycles. The van der Waals surface area contributed by atoms with Gasteiger partial charge < -0.3 is 14.5 Å². The van der Waals surface area contributed by atoms with Gasteiger partial charge in [-0.15, -0.1) is 0 Å². The predicted octanol–water partition coefficient (Wildman–Crippen LogP) is 2.37. The number of aromatic nitrogens is 1. The number of aromatic amines is 1. The van der Waals surface area contributed by atoms with Crippen molar-refractivity contribution in [1.82, 2.24) is 10.4 Å². The van der Waals surface area contributed by atoms with Gasteiger partial charge in [0.1, 0.15) is 11.5 Å². The topological polar surface area (TPSA) is 92.8 Å². The molecule has 0 aliphatic rings. The van der Waals surface area contributed by atoms with E-state index < -0.39 is 5.91 Å². The predicted molar refractivity (Wildman–Crippen MR) is 104 cm³/mol. The van der Waals surface area contributed by atoms with Crippen molar-refractivity contribution in [2.75, 3.05) is 13.7 Å². The van der Waals surface area contributed by atoms with Crippen molar-refractivity contribution >= 4 is 23.0 Å². The zero-order valence-corrected chi connectivity index (χ0v) is 15.0. The highest BCUT2D eigenvalue weighted by molar-refractivity contribution is 5.86. The van der Waals surface area contributed by atoms with Crippen LogP contribution in [-0.4, -0.2) is 30.8 Å². The molecule has 0 atom stereocenters. The molecule has 0 fully saturated rings. The van der Waals surface area contributed by atoms with E-state index in [1.54, 1.807) is 13.2 Å². The molecular weight excluding hydrogens is 346 g/mol. The maximum atomic E-state index is 11.9. The van der Waals surface area contributed by atoms with Gasteiger partial charge >= 0.3 is 0 Å². The van der Waals surface area contributed by atoms with Crippen molar-refractivity contribution in [3.05, 3.63) is 70.0 Å². The zero-order chi connectivity index (χ0) is 19.2. The van der Waals surface area contributed by atoms with Crippen LogP contribution in [0.1, 0.15) is 11.1 Å². The second-order valence-electron chi connectivity index (χ2n) is 5.91. The van der Waals surface area contributed by atoms with Crippen LogP contribution in [0.5, 0.6) is 11.5 Å². The number of methoxy groups -OCH3 is 1. The molecule has 0 bridgehead atoms. The SMILES string of the molecule is COc1cccc(/C=N/NC(=O)COc2cc(=O)[nH]c3cc(C)ccc23)c1. The lowest BCUT2D eigenvalue weighted by Crippen LogP contribution is -2.25. The Balaban J connectivity index is 1.63. The Morgan fingerprint density at radius 1 is 1.22 bits per heavy atom. The van der Waals surface area contributed by atoms with E-state index in [-0.39, 0.29) is 12.2 Å². The Kier molecular flexibility index (Phi) is 5.51. The fraction of sp³-hybridized carbons (Fsp3) is 0.150. The first-order chi connectivity index (χ1) is 13.0. The maximum Gasteiger partial charge on any atom is 0.277 e. The summed E-state index contributed by atoms with van der Waals surface area (Å²) >= 11 is 0. The van der Waals surface area contributed by atoms with Gasteiger partial charge in [-0.05, 0) is 42.3 Å². The third kappa shape index (κ3) is 4.72. The van der Waals surface area contributed by atoms with Crippen LogP contribution in [0.3, 0.4) is 0 Å². The second-order valence-corrected chi connectivity index (χ2v) is 5.91. The summed E-state index contributed by atoms with van der Waals surface area (Å²) in [6.07, 6.45) is 1.51. The number of hydrazone groups is 1. The Bertz CT molecular complexity index is 1060. The van der Waals surface area contributed by atoms with Crippen LogP contribution in [0, 0.1) is 6.92 Å². The van der Waals surface area contributed by atoms with E-state index in [9.17, 15) is 9.59 Å². The molecule has 1 heterocycles. The first-order valence-corrected chi connectivity index (χ1v) is 8.27. The number of aryl methyl sites for hydroxylation is 1. The van der Waals surface area contributed by atoms with Crippen LogP contribution in [0.15, 0.2) is 58.4 Å². The third-order valence-electron chi connectivity index (χ3n) is 3.82. The Labute approximate surface area is 155 Å². The number of nitrogens with one attached hydrogen (secondary N) is 2. The maximum absolute atomic E-state index is 11.9. The average Bonchev–Trinajstić information content (AvgIpc) is 2.65. The highest BCUT2D eigenvalue weighted by Crippen LogP contribution is 2.22. The molecule has 3 aromatic rings.